The quantitative estimate of drug-likeness (QED) is 0.283. The maximum Gasteiger partial charge on any atom is 0.305 e. The minimum absolute atomic E-state index is 0.142. The summed E-state index contributed by atoms with van der Waals surface area (Å²) < 4.78 is 5.19. The Hall–Kier alpha value is -1.06. The topological polar surface area (TPSA) is 63.6 Å². The van der Waals surface area contributed by atoms with Gasteiger partial charge in [0.15, 0.2) is 0 Å². The molecule has 4 heteroatoms. The van der Waals surface area contributed by atoms with Crippen LogP contribution in [0.2, 0.25) is 0 Å². The summed E-state index contributed by atoms with van der Waals surface area (Å²) in [6.45, 7) is 2.77. The van der Waals surface area contributed by atoms with Gasteiger partial charge in [-0.05, 0) is 19.3 Å². The third-order valence-electron chi connectivity index (χ3n) is 4.03. The molecule has 0 heterocycles. The highest BCUT2D eigenvalue weighted by atomic mass is 16.5. The van der Waals surface area contributed by atoms with Gasteiger partial charge in [0, 0.05) is 12.8 Å². The molecule has 0 unspecified atom stereocenters. The molecular formula is C19H36O4. The number of carbonyl (C=O) groups excluding carboxylic acids is 1. The van der Waals surface area contributed by atoms with Crippen molar-refractivity contribution in [2.75, 3.05) is 6.61 Å². The van der Waals surface area contributed by atoms with Crippen LogP contribution < -0.4 is 0 Å². The molecule has 0 radical (unpaired) electrons. The first-order chi connectivity index (χ1) is 11.2. The fourth-order valence-electron chi connectivity index (χ4n) is 2.57. The van der Waals surface area contributed by atoms with Crippen LogP contribution in [0.25, 0.3) is 0 Å². The van der Waals surface area contributed by atoms with E-state index in [4.69, 9.17) is 9.84 Å². The molecule has 0 aliphatic carbocycles. The molecular weight excluding hydrogens is 292 g/mol. The summed E-state index contributed by atoms with van der Waals surface area (Å²) in [4.78, 5) is 21.8. The first-order valence-electron chi connectivity index (χ1n) is 9.54. The SMILES string of the molecule is CCCCCCCCCCCCOC(=O)CCCCCC(=O)O. The van der Waals surface area contributed by atoms with E-state index in [-0.39, 0.29) is 12.4 Å². The predicted molar refractivity (Wildman–Crippen MR) is 93.5 cm³/mol. The van der Waals surface area contributed by atoms with Gasteiger partial charge in [0.2, 0.25) is 0 Å². The molecule has 0 spiro atoms. The van der Waals surface area contributed by atoms with Gasteiger partial charge in [0.05, 0.1) is 6.61 Å². The van der Waals surface area contributed by atoms with Crippen molar-refractivity contribution in [1.82, 2.24) is 0 Å². The Morgan fingerprint density at radius 3 is 1.74 bits per heavy atom. The molecule has 23 heavy (non-hydrogen) atoms. The van der Waals surface area contributed by atoms with Crippen LogP contribution in [0.1, 0.15) is 103 Å². The van der Waals surface area contributed by atoms with Crippen molar-refractivity contribution in [3.05, 3.63) is 0 Å². The second-order valence-electron chi connectivity index (χ2n) is 6.36. The van der Waals surface area contributed by atoms with Gasteiger partial charge in [-0.15, -0.1) is 0 Å². The van der Waals surface area contributed by atoms with Gasteiger partial charge in [-0.2, -0.15) is 0 Å². The van der Waals surface area contributed by atoms with Crippen LogP contribution in [0.15, 0.2) is 0 Å². The van der Waals surface area contributed by atoms with Crippen molar-refractivity contribution in [2.24, 2.45) is 0 Å². The van der Waals surface area contributed by atoms with Crippen molar-refractivity contribution >= 4 is 11.9 Å². The number of unbranched alkanes of at least 4 members (excludes halogenated alkanes) is 11. The molecule has 0 aromatic rings. The Bertz CT molecular complexity index is 289. The Morgan fingerprint density at radius 1 is 0.696 bits per heavy atom. The van der Waals surface area contributed by atoms with E-state index >= 15 is 0 Å². The zero-order valence-electron chi connectivity index (χ0n) is 15.0. The molecule has 0 saturated heterocycles. The first kappa shape index (κ1) is 21.9. The molecule has 4 nitrogen and oxygen atoms in total. The highest BCUT2D eigenvalue weighted by Gasteiger charge is 2.03. The number of rotatable bonds is 17. The summed E-state index contributed by atoms with van der Waals surface area (Å²) in [6, 6.07) is 0. The Morgan fingerprint density at radius 2 is 1.17 bits per heavy atom. The average molecular weight is 328 g/mol. The number of aliphatic carboxylic acids is 1. The normalized spacial score (nSPS) is 10.7. The van der Waals surface area contributed by atoms with Crippen LogP contribution >= 0.6 is 0 Å². The standard InChI is InChI=1S/C19H36O4/c1-2-3-4-5-6-7-8-9-10-14-17-23-19(22)16-13-11-12-15-18(20)21/h2-17H2,1H3,(H,20,21). The summed E-state index contributed by atoms with van der Waals surface area (Å²) >= 11 is 0. The second kappa shape index (κ2) is 17.3. The molecule has 0 aliphatic heterocycles. The highest BCUT2D eigenvalue weighted by Crippen LogP contribution is 2.10. The van der Waals surface area contributed by atoms with E-state index in [2.05, 4.69) is 6.92 Å². The predicted octanol–water partition coefficient (Wildman–Crippen LogP) is 5.49. The Balaban J connectivity index is 3.16. The summed E-state index contributed by atoms with van der Waals surface area (Å²) in [5.74, 6) is -0.912. The summed E-state index contributed by atoms with van der Waals surface area (Å²) in [5, 5.41) is 8.50. The fraction of sp³-hybridized carbons (Fsp3) is 0.895. The number of ether oxygens (including phenoxy) is 1. The molecule has 0 fully saturated rings. The van der Waals surface area contributed by atoms with Crippen LogP contribution in [0, 0.1) is 0 Å². The molecule has 0 aromatic heterocycles. The lowest BCUT2D eigenvalue weighted by molar-refractivity contribution is -0.143. The van der Waals surface area contributed by atoms with E-state index in [1.165, 1.54) is 51.4 Å². The third-order valence-corrected chi connectivity index (χ3v) is 4.03. The van der Waals surface area contributed by atoms with Crippen molar-refractivity contribution in [3.8, 4) is 0 Å². The number of hydrogen-bond donors (Lipinski definition) is 1. The number of hydrogen-bond acceptors (Lipinski definition) is 3. The fourth-order valence-corrected chi connectivity index (χ4v) is 2.57. The van der Waals surface area contributed by atoms with E-state index in [1.54, 1.807) is 0 Å². The lowest BCUT2D eigenvalue weighted by atomic mass is 10.1. The lowest BCUT2D eigenvalue weighted by Gasteiger charge is -2.05. The molecule has 0 aromatic carbocycles. The van der Waals surface area contributed by atoms with Gasteiger partial charge in [0.25, 0.3) is 0 Å². The molecule has 0 rings (SSSR count). The highest BCUT2D eigenvalue weighted by molar-refractivity contribution is 5.69. The summed E-state index contributed by atoms with van der Waals surface area (Å²) in [5.41, 5.74) is 0. The van der Waals surface area contributed by atoms with Gasteiger partial charge in [-0.3, -0.25) is 9.59 Å². The number of esters is 1. The van der Waals surface area contributed by atoms with Gasteiger partial charge in [-0.25, -0.2) is 0 Å². The zero-order chi connectivity index (χ0) is 17.2. The number of carboxylic acid groups (broad SMARTS) is 1. The molecule has 0 saturated carbocycles. The van der Waals surface area contributed by atoms with E-state index in [0.717, 1.165) is 25.7 Å². The number of carbonyl (C=O) groups is 2. The minimum atomic E-state index is -0.770. The van der Waals surface area contributed by atoms with E-state index in [9.17, 15) is 9.59 Å². The van der Waals surface area contributed by atoms with Gasteiger partial charge < -0.3 is 9.84 Å². The zero-order valence-corrected chi connectivity index (χ0v) is 15.0. The lowest BCUT2D eigenvalue weighted by Crippen LogP contribution is -2.05. The van der Waals surface area contributed by atoms with Crippen LogP contribution in [-0.4, -0.2) is 23.7 Å². The van der Waals surface area contributed by atoms with Crippen LogP contribution in [0.5, 0.6) is 0 Å². The van der Waals surface area contributed by atoms with Gasteiger partial charge >= 0.3 is 11.9 Å². The molecule has 136 valence electrons. The first-order valence-corrected chi connectivity index (χ1v) is 9.54. The monoisotopic (exact) mass is 328 g/mol. The van der Waals surface area contributed by atoms with Gasteiger partial charge in [-0.1, -0.05) is 71.1 Å². The average Bonchev–Trinajstić information content (AvgIpc) is 2.52. The minimum Gasteiger partial charge on any atom is -0.481 e. The van der Waals surface area contributed by atoms with Crippen molar-refractivity contribution in [1.29, 1.82) is 0 Å². The Labute approximate surface area is 142 Å². The smallest absolute Gasteiger partial charge is 0.305 e. The third kappa shape index (κ3) is 18.9. The van der Waals surface area contributed by atoms with Crippen LogP contribution in [0.3, 0.4) is 0 Å². The van der Waals surface area contributed by atoms with Crippen LogP contribution in [0.4, 0.5) is 0 Å². The number of carboxylic acids is 1. The summed E-state index contributed by atoms with van der Waals surface area (Å²) in [7, 11) is 0. The van der Waals surface area contributed by atoms with E-state index in [0.29, 0.717) is 19.4 Å². The molecule has 0 atom stereocenters. The molecule has 0 aliphatic rings. The van der Waals surface area contributed by atoms with E-state index in [1.807, 2.05) is 0 Å². The second-order valence-corrected chi connectivity index (χ2v) is 6.36. The van der Waals surface area contributed by atoms with Crippen molar-refractivity contribution < 1.29 is 19.4 Å². The largest absolute Gasteiger partial charge is 0.481 e. The maximum atomic E-state index is 11.5. The van der Waals surface area contributed by atoms with Crippen molar-refractivity contribution in [2.45, 2.75) is 103 Å². The summed E-state index contributed by atoms with van der Waals surface area (Å²) in [6.07, 6.45) is 15.5. The van der Waals surface area contributed by atoms with Crippen LogP contribution in [-0.2, 0) is 14.3 Å². The molecule has 1 N–H and O–H groups in total. The van der Waals surface area contributed by atoms with Crippen molar-refractivity contribution in [3.63, 3.8) is 0 Å². The molecule has 0 amide bonds. The van der Waals surface area contributed by atoms with E-state index < -0.39 is 5.97 Å². The van der Waals surface area contributed by atoms with Gasteiger partial charge in [0.1, 0.15) is 0 Å². The maximum absolute atomic E-state index is 11.5. The molecule has 0 bridgehead atoms. The Kier molecular flexibility index (Phi) is 16.5.